The van der Waals surface area contributed by atoms with Crippen molar-refractivity contribution >= 4 is 17.9 Å². The Morgan fingerprint density at radius 3 is 2.14 bits per heavy atom. The number of carboxylic acid groups (broad SMARTS) is 1. The summed E-state index contributed by atoms with van der Waals surface area (Å²) in [6.45, 7) is -2.59. The molecule has 1 aromatic heterocycles. The van der Waals surface area contributed by atoms with Gasteiger partial charge in [-0.25, -0.2) is 14.6 Å². The number of carbonyl (C=O) groups is 2. The van der Waals surface area contributed by atoms with Gasteiger partial charge < -0.3 is 9.84 Å². The lowest BCUT2D eigenvalue weighted by Crippen LogP contribution is -2.41. The number of halogens is 6. The van der Waals surface area contributed by atoms with Crippen LogP contribution in [0, 0.1) is 0 Å². The molecule has 0 spiro atoms. The van der Waals surface area contributed by atoms with Crippen molar-refractivity contribution in [2.45, 2.75) is 19.0 Å². The SMILES string of the molecule is O=C(O)c1ccc(C(F)(F)F)nc1N(CC(F)(F)F)C(=O)OCc1ccccc1. The molecule has 0 aliphatic heterocycles. The summed E-state index contributed by atoms with van der Waals surface area (Å²) in [5.74, 6) is -3.20. The Labute approximate surface area is 159 Å². The predicted molar refractivity (Wildman–Crippen MR) is 86.2 cm³/mol. The molecule has 2 aromatic rings. The number of aromatic nitrogens is 1. The Balaban J connectivity index is 2.45. The van der Waals surface area contributed by atoms with Gasteiger partial charge in [0.2, 0.25) is 0 Å². The van der Waals surface area contributed by atoms with Crippen molar-refractivity contribution in [3.8, 4) is 0 Å². The van der Waals surface area contributed by atoms with Gasteiger partial charge in [0.15, 0.2) is 5.82 Å². The van der Waals surface area contributed by atoms with E-state index in [2.05, 4.69) is 4.98 Å². The van der Waals surface area contributed by atoms with Crippen LogP contribution in [0.2, 0.25) is 0 Å². The molecule has 0 aliphatic carbocycles. The van der Waals surface area contributed by atoms with Crippen LogP contribution in [-0.4, -0.2) is 34.9 Å². The Bertz CT molecular complexity index is 884. The summed E-state index contributed by atoms with van der Waals surface area (Å²) in [6.07, 6.45) is -11.9. The average molecular weight is 422 g/mol. The van der Waals surface area contributed by atoms with E-state index in [4.69, 9.17) is 9.84 Å². The van der Waals surface area contributed by atoms with Gasteiger partial charge >= 0.3 is 24.4 Å². The first-order chi connectivity index (χ1) is 13.4. The van der Waals surface area contributed by atoms with Gasteiger partial charge in [-0.1, -0.05) is 30.3 Å². The third kappa shape index (κ3) is 6.09. The number of alkyl halides is 6. The van der Waals surface area contributed by atoms with E-state index in [0.717, 1.165) is 0 Å². The van der Waals surface area contributed by atoms with E-state index in [1.165, 1.54) is 12.1 Å². The molecule has 0 atom stereocenters. The zero-order valence-electron chi connectivity index (χ0n) is 14.3. The minimum atomic E-state index is -5.08. The fraction of sp³-hybridized carbons (Fsp3) is 0.235. The summed E-state index contributed by atoms with van der Waals surface area (Å²) in [6, 6.07) is 8.45. The van der Waals surface area contributed by atoms with Crippen LogP contribution in [0.1, 0.15) is 21.6 Å². The van der Waals surface area contributed by atoms with Crippen LogP contribution >= 0.6 is 0 Å². The molecule has 12 heteroatoms. The van der Waals surface area contributed by atoms with E-state index in [9.17, 15) is 35.9 Å². The third-order valence-corrected chi connectivity index (χ3v) is 3.41. The lowest BCUT2D eigenvalue weighted by molar-refractivity contribution is -0.141. The lowest BCUT2D eigenvalue weighted by atomic mass is 10.2. The number of aromatic carboxylic acids is 1. The Morgan fingerprint density at radius 2 is 1.62 bits per heavy atom. The normalized spacial score (nSPS) is 11.8. The zero-order chi connectivity index (χ0) is 21.8. The molecule has 2 rings (SSSR count). The smallest absolute Gasteiger partial charge is 0.433 e. The Morgan fingerprint density at radius 1 is 1.00 bits per heavy atom. The standard InChI is InChI=1S/C17H12F6N2O4/c18-16(19,20)9-25(15(28)29-8-10-4-2-1-3-5-10)13-11(14(26)27)6-7-12(24-13)17(21,22)23/h1-7H,8-9H2,(H,26,27). The maximum Gasteiger partial charge on any atom is 0.433 e. The molecule has 29 heavy (non-hydrogen) atoms. The van der Waals surface area contributed by atoms with E-state index in [-0.39, 0.29) is 11.0 Å². The second kappa shape index (κ2) is 8.37. The van der Waals surface area contributed by atoms with Gasteiger partial charge in [0, 0.05) is 0 Å². The second-order valence-corrected chi connectivity index (χ2v) is 5.61. The largest absolute Gasteiger partial charge is 0.478 e. The number of carbonyl (C=O) groups excluding carboxylic acids is 1. The summed E-state index contributed by atoms with van der Waals surface area (Å²) in [4.78, 5) is 26.1. The number of carboxylic acids is 1. The summed E-state index contributed by atoms with van der Waals surface area (Å²) in [5, 5.41) is 9.11. The van der Waals surface area contributed by atoms with Crippen LogP contribution in [0.4, 0.5) is 37.0 Å². The minimum Gasteiger partial charge on any atom is -0.478 e. The highest BCUT2D eigenvalue weighted by molar-refractivity contribution is 5.98. The van der Waals surface area contributed by atoms with E-state index >= 15 is 0 Å². The highest BCUT2D eigenvalue weighted by Gasteiger charge is 2.39. The van der Waals surface area contributed by atoms with Crippen LogP contribution in [-0.2, 0) is 17.5 Å². The molecule has 0 radical (unpaired) electrons. The average Bonchev–Trinajstić information content (AvgIpc) is 2.63. The second-order valence-electron chi connectivity index (χ2n) is 5.61. The molecule has 0 saturated heterocycles. The van der Waals surface area contributed by atoms with Gasteiger partial charge in [0.25, 0.3) is 0 Å². The van der Waals surface area contributed by atoms with E-state index in [1.54, 1.807) is 18.2 Å². The van der Waals surface area contributed by atoms with Crippen LogP contribution in [0.5, 0.6) is 0 Å². The quantitative estimate of drug-likeness (QED) is 0.718. The van der Waals surface area contributed by atoms with Crippen LogP contribution in [0.3, 0.4) is 0 Å². The number of amides is 1. The monoisotopic (exact) mass is 422 g/mol. The van der Waals surface area contributed by atoms with E-state index in [1.807, 2.05) is 0 Å². The van der Waals surface area contributed by atoms with Crippen molar-refractivity contribution in [2.75, 3.05) is 11.4 Å². The summed E-state index contributed by atoms with van der Waals surface area (Å²) in [5.41, 5.74) is -2.30. The van der Waals surface area contributed by atoms with Crippen molar-refractivity contribution in [3.63, 3.8) is 0 Å². The molecular formula is C17H12F6N2O4. The van der Waals surface area contributed by atoms with Crippen LogP contribution in [0.25, 0.3) is 0 Å². The highest BCUT2D eigenvalue weighted by Crippen LogP contribution is 2.32. The molecule has 1 aromatic carbocycles. The van der Waals surface area contributed by atoms with Crippen molar-refractivity contribution < 1.29 is 45.8 Å². The molecule has 0 saturated carbocycles. The van der Waals surface area contributed by atoms with Gasteiger partial charge in [0.1, 0.15) is 24.4 Å². The van der Waals surface area contributed by atoms with Crippen LogP contribution in [0.15, 0.2) is 42.5 Å². The summed E-state index contributed by atoms with van der Waals surface area (Å²) < 4.78 is 82.2. The Hall–Kier alpha value is -3.31. The number of hydrogen-bond acceptors (Lipinski definition) is 4. The molecule has 0 fully saturated rings. The molecule has 1 amide bonds. The first-order valence-electron chi connectivity index (χ1n) is 7.75. The van der Waals surface area contributed by atoms with Crippen molar-refractivity contribution in [1.29, 1.82) is 0 Å². The first kappa shape index (κ1) is 22.0. The summed E-state index contributed by atoms with van der Waals surface area (Å²) >= 11 is 0. The number of nitrogens with zero attached hydrogens (tertiary/aromatic N) is 2. The molecule has 0 aliphatic rings. The minimum absolute atomic E-state index is 0.286. The van der Waals surface area contributed by atoms with Gasteiger partial charge in [-0.05, 0) is 17.7 Å². The molecule has 0 bridgehead atoms. The van der Waals surface area contributed by atoms with Gasteiger partial charge in [0.05, 0.1) is 0 Å². The molecule has 1 heterocycles. The molecular weight excluding hydrogens is 410 g/mol. The fourth-order valence-electron chi connectivity index (χ4n) is 2.18. The van der Waals surface area contributed by atoms with E-state index in [0.29, 0.717) is 11.6 Å². The first-order valence-corrected chi connectivity index (χ1v) is 7.75. The van der Waals surface area contributed by atoms with Gasteiger partial charge in [-0.3, -0.25) is 4.90 Å². The molecule has 156 valence electrons. The number of ether oxygens (including phenoxy) is 1. The lowest BCUT2D eigenvalue weighted by Gasteiger charge is -2.24. The topological polar surface area (TPSA) is 79.7 Å². The maximum absolute atomic E-state index is 12.9. The van der Waals surface area contributed by atoms with Crippen molar-refractivity contribution in [3.05, 3.63) is 59.3 Å². The van der Waals surface area contributed by atoms with Crippen LogP contribution < -0.4 is 4.90 Å². The van der Waals surface area contributed by atoms with Gasteiger partial charge in [-0.15, -0.1) is 0 Å². The van der Waals surface area contributed by atoms with Crippen molar-refractivity contribution in [2.24, 2.45) is 0 Å². The highest BCUT2D eigenvalue weighted by atomic mass is 19.4. The maximum atomic E-state index is 12.9. The summed E-state index contributed by atoms with van der Waals surface area (Å²) in [7, 11) is 0. The number of rotatable bonds is 5. The zero-order valence-corrected chi connectivity index (χ0v) is 14.3. The number of anilines is 1. The number of pyridine rings is 1. The molecule has 1 N–H and O–H groups in total. The van der Waals surface area contributed by atoms with Gasteiger partial charge in [-0.2, -0.15) is 26.3 Å². The predicted octanol–water partition coefficient (Wildman–Crippen LogP) is 4.50. The van der Waals surface area contributed by atoms with Crippen molar-refractivity contribution in [1.82, 2.24) is 4.98 Å². The molecule has 6 nitrogen and oxygen atoms in total. The third-order valence-electron chi connectivity index (χ3n) is 3.41. The number of benzene rings is 1. The number of hydrogen-bond donors (Lipinski definition) is 1. The Kier molecular flexibility index (Phi) is 6.34. The fourth-order valence-corrected chi connectivity index (χ4v) is 2.18. The molecule has 0 unspecified atom stereocenters. The van der Waals surface area contributed by atoms with E-state index < -0.39 is 54.6 Å².